The van der Waals surface area contributed by atoms with Gasteiger partial charge in [-0.1, -0.05) is 29.8 Å². The second kappa shape index (κ2) is 16.0. The van der Waals surface area contributed by atoms with Crippen LogP contribution in [0.15, 0.2) is 47.5 Å². The first kappa shape index (κ1) is 31.9. The molecular weight excluding hydrogens is 566 g/mol. The van der Waals surface area contributed by atoms with Crippen molar-refractivity contribution in [1.82, 2.24) is 20.6 Å². The zero-order valence-corrected chi connectivity index (χ0v) is 23.5. The quantitative estimate of drug-likeness (QED) is 0.0407. The van der Waals surface area contributed by atoms with Crippen LogP contribution < -0.4 is 37.9 Å². The number of benzene rings is 2. The van der Waals surface area contributed by atoms with Gasteiger partial charge in [0.05, 0.1) is 11.8 Å². The van der Waals surface area contributed by atoms with Gasteiger partial charge >= 0.3 is 0 Å². The number of amides is 2. The lowest BCUT2D eigenvalue weighted by molar-refractivity contribution is -0.105. The van der Waals surface area contributed by atoms with Gasteiger partial charge in [-0.15, -0.1) is 0 Å². The highest BCUT2D eigenvalue weighted by Crippen LogP contribution is 2.26. The Bertz CT molecular complexity index is 1390. The van der Waals surface area contributed by atoms with E-state index in [1.165, 1.54) is 12.1 Å². The number of nitrogens with zero attached hydrogens (tertiary/aromatic N) is 3. The molecule has 3 aromatic rings. The number of phenols is 1. The third-order valence-electron chi connectivity index (χ3n) is 5.95. The number of rotatable bonds is 15. The Balaban J connectivity index is 1.30. The van der Waals surface area contributed by atoms with Crippen molar-refractivity contribution in [2.45, 2.75) is 25.4 Å². The number of aryl methyl sites for hydroxylation is 1. The van der Waals surface area contributed by atoms with E-state index in [0.29, 0.717) is 31.7 Å². The lowest BCUT2D eigenvalue weighted by atomic mass is 10.1. The molecule has 2 aromatic carbocycles. The number of nitrogen functional groups attached to an aromatic ring is 2. The fraction of sp³-hybridized carbons (Fsp3) is 0.296. The number of aliphatic hydroxyl groups excluding tert-OH is 1. The molecule has 0 saturated heterocycles. The molecule has 1 aromatic heterocycles. The van der Waals surface area contributed by atoms with Gasteiger partial charge in [0, 0.05) is 19.6 Å². The van der Waals surface area contributed by atoms with Crippen molar-refractivity contribution in [1.29, 1.82) is 0 Å². The topological polar surface area (TPSA) is 236 Å². The van der Waals surface area contributed by atoms with Gasteiger partial charge in [0.1, 0.15) is 18.1 Å². The molecule has 42 heavy (non-hydrogen) atoms. The van der Waals surface area contributed by atoms with Gasteiger partial charge in [-0.05, 0) is 54.7 Å². The number of nitrogens with two attached hydrogens (primary N) is 3. The smallest absolute Gasteiger partial charge is 0.280 e. The molecule has 224 valence electrons. The standard InChI is InChI=1S/C27H34ClN9O5/c28-23-25(30)36-24(29)22(35-23)26(41)37-27(31)33-10-2-1-3-16-4-7-18(8-5-16)42-12-11-32-14-21(40)17-6-9-20(39)19(13-17)34-15-38/h4-9,13,15,21,32,39-40H,1-3,10-12,14H2,(H,34,38)(H4,29,30,36)(H3,31,33,37,41). The average molecular weight is 600 g/mol. The van der Waals surface area contributed by atoms with Crippen LogP contribution in [0.4, 0.5) is 17.3 Å². The van der Waals surface area contributed by atoms with E-state index in [1.54, 1.807) is 6.07 Å². The molecule has 0 aliphatic rings. The minimum atomic E-state index is -0.818. The molecule has 2 amide bonds. The van der Waals surface area contributed by atoms with E-state index >= 15 is 0 Å². The van der Waals surface area contributed by atoms with Crippen LogP contribution in [0.5, 0.6) is 11.5 Å². The van der Waals surface area contributed by atoms with E-state index in [-0.39, 0.29) is 46.4 Å². The highest BCUT2D eigenvalue weighted by molar-refractivity contribution is 6.31. The van der Waals surface area contributed by atoms with E-state index in [1.807, 2.05) is 24.3 Å². The Kier molecular flexibility index (Phi) is 12.1. The summed E-state index contributed by atoms with van der Waals surface area (Å²) in [6.45, 7) is 1.60. The number of anilines is 3. The summed E-state index contributed by atoms with van der Waals surface area (Å²) in [6.07, 6.45) is 2.08. The van der Waals surface area contributed by atoms with Crippen molar-refractivity contribution in [3.63, 3.8) is 0 Å². The largest absolute Gasteiger partial charge is 0.506 e. The molecule has 0 spiro atoms. The molecule has 14 nitrogen and oxygen atoms in total. The van der Waals surface area contributed by atoms with Gasteiger partial charge in [-0.25, -0.2) is 9.97 Å². The van der Waals surface area contributed by atoms with Crippen LogP contribution in [0.25, 0.3) is 0 Å². The van der Waals surface area contributed by atoms with E-state index < -0.39 is 12.0 Å². The summed E-state index contributed by atoms with van der Waals surface area (Å²) in [7, 11) is 0. The van der Waals surface area contributed by atoms with Crippen LogP contribution in [0.3, 0.4) is 0 Å². The summed E-state index contributed by atoms with van der Waals surface area (Å²) < 4.78 is 5.75. The maximum absolute atomic E-state index is 12.3. The van der Waals surface area contributed by atoms with Crippen LogP contribution in [0, 0.1) is 0 Å². The van der Waals surface area contributed by atoms with E-state index in [9.17, 15) is 19.8 Å². The second-order valence-electron chi connectivity index (χ2n) is 9.06. The lowest BCUT2D eigenvalue weighted by Gasteiger charge is -2.14. The van der Waals surface area contributed by atoms with Gasteiger partial charge in [-0.2, -0.15) is 0 Å². The number of nitrogens with one attached hydrogen (secondary N) is 3. The summed E-state index contributed by atoms with van der Waals surface area (Å²) in [4.78, 5) is 34.6. The number of aromatic nitrogens is 2. The number of aromatic hydroxyl groups is 1. The van der Waals surface area contributed by atoms with Gasteiger partial charge in [0.15, 0.2) is 28.4 Å². The number of carbonyl (C=O) groups is 2. The van der Waals surface area contributed by atoms with Crippen molar-refractivity contribution >= 4 is 47.2 Å². The first-order valence-electron chi connectivity index (χ1n) is 13.0. The Morgan fingerprint density at radius 1 is 1.12 bits per heavy atom. The molecule has 1 unspecified atom stereocenters. The Morgan fingerprint density at radius 3 is 2.62 bits per heavy atom. The van der Waals surface area contributed by atoms with Crippen LogP contribution in [-0.4, -0.2) is 64.7 Å². The molecule has 0 fully saturated rings. The molecule has 0 aliphatic carbocycles. The lowest BCUT2D eigenvalue weighted by Crippen LogP contribution is -2.38. The Hall–Kier alpha value is -4.66. The normalized spacial score (nSPS) is 12.0. The molecule has 1 atom stereocenters. The molecule has 0 radical (unpaired) electrons. The number of ether oxygens (including phenoxy) is 1. The zero-order valence-electron chi connectivity index (χ0n) is 22.7. The summed E-state index contributed by atoms with van der Waals surface area (Å²) in [6, 6.07) is 12.3. The first-order chi connectivity index (χ1) is 20.2. The maximum atomic E-state index is 12.3. The first-order valence-corrected chi connectivity index (χ1v) is 13.4. The molecule has 15 heteroatoms. The van der Waals surface area contributed by atoms with E-state index in [0.717, 1.165) is 30.6 Å². The second-order valence-corrected chi connectivity index (χ2v) is 9.42. The highest BCUT2D eigenvalue weighted by atomic mass is 35.5. The number of aliphatic hydroxyl groups is 1. The van der Waals surface area contributed by atoms with Crippen molar-refractivity contribution in [3.05, 3.63) is 64.4 Å². The number of unbranched alkanes of at least 4 members (excludes halogenated alkanes) is 1. The van der Waals surface area contributed by atoms with Crippen molar-refractivity contribution in [2.75, 3.05) is 43.0 Å². The Labute approximate surface area is 247 Å². The predicted molar refractivity (Wildman–Crippen MR) is 160 cm³/mol. The molecule has 1 heterocycles. The molecule has 0 saturated carbocycles. The molecule has 3 rings (SSSR count). The number of halogens is 1. The van der Waals surface area contributed by atoms with Gasteiger partial charge in [-0.3, -0.25) is 19.9 Å². The van der Waals surface area contributed by atoms with Crippen molar-refractivity contribution < 1.29 is 24.5 Å². The number of hydrogen-bond acceptors (Lipinski definition) is 11. The van der Waals surface area contributed by atoms with E-state index in [4.69, 9.17) is 33.5 Å². The third-order valence-corrected chi connectivity index (χ3v) is 6.22. The number of hydrogen-bond donors (Lipinski definition) is 8. The monoisotopic (exact) mass is 599 g/mol. The van der Waals surface area contributed by atoms with Crippen LogP contribution in [0.2, 0.25) is 5.15 Å². The van der Waals surface area contributed by atoms with E-state index in [2.05, 4.69) is 30.9 Å². The molecule has 0 aliphatic heterocycles. The summed E-state index contributed by atoms with van der Waals surface area (Å²) in [5.41, 5.74) is 18.7. The fourth-order valence-corrected chi connectivity index (χ4v) is 3.88. The molecule has 11 N–H and O–H groups in total. The van der Waals surface area contributed by atoms with Crippen LogP contribution in [-0.2, 0) is 11.2 Å². The van der Waals surface area contributed by atoms with Gasteiger partial charge < -0.3 is 42.8 Å². The number of guanidine groups is 1. The van der Waals surface area contributed by atoms with Crippen molar-refractivity contribution in [2.24, 2.45) is 10.7 Å². The number of carbonyl (C=O) groups excluding carboxylic acids is 2. The summed E-state index contributed by atoms with van der Waals surface area (Å²) >= 11 is 5.79. The van der Waals surface area contributed by atoms with Crippen molar-refractivity contribution in [3.8, 4) is 11.5 Å². The van der Waals surface area contributed by atoms with Crippen LogP contribution in [0.1, 0.15) is 40.6 Å². The minimum absolute atomic E-state index is 0.0685. The number of phenolic OH excluding ortho intramolecular Hbond substituents is 1. The SMILES string of the molecule is NC(=NCCCCc1ccc(OCCNCC(O)c2ccc(O)c(NC=O)c2)cc1)NC(=O)c1nc(Cl)c(N)nc1N. The average Bonchev–Trinajstić information content (AvgIpc) is 2.96. The number of aliphatic imine (C=N–C) groups is 1. The zero-order chi connectivity index (χ0) is 30.5. The minimum Gasteiger partial charge on any atom is -0.506 e. The van der Waals surface area contributed by atoms with Gasteiger partial charge in [0.25, 0.3) is 5.91 Å². The predicted octanol–water partition coefficient (Wildman–Crippen LogP) is 1.34. The Morgan fingerprint density at radius 2 is 1.88 bits per heavy atom. The third kappa shape index (κ3) is 9.76. The maximum Gasteiger partial charge on any atom is 0.280 e. The van der Waals surface area contributed by atoms with Gasteiger partial charge in [0.2, 0.25) is 6.41 Å². The fourth-order valence-electron chi connectivity index (χ4n) is 3.75. The highest BCUT2D eigenvalue weighted by Gasteiger charge is 2.16. The summed E-state index contributed by atoms with van der Waals surface area (Å²) in [5, 5.41) is 27.8. The molecule has 0 bridgehead atoms. The molecular formula is C27H34ClN9O5. The van der Waals surface area contributed by atoms with Crippen LogP contribution >= 0.6 is 11.6 Å². The summed E-state index contributed by atoms with van der Waals surface area (Å²) in [5.74, 6) is -0.341.